The second-order valence-electron chi connectivity index (χ2n) is 3.83. The summed E-state index contributed by atoms with van der Waals surface area (Å²) in [6.45, 7) is 3.99. The van der Waals surface area contributed by atoms with Crippen LogP contribution in [0.4, 0.5) is 0 Å². The molecule has 0 aromatic carbocycles. The van der Waals surface area contributed by atoms with Crippen molar-refractivity contribution in [1.82, 2.24) is 9.71 Å². The van der Waals surface area contributed by atoms with E-state index in [1.807, 2.05) is 13.8 Å². The summed E-state index contributed by atoms with van der Waals surface area (Å²) in [5, 5.41) is 0.282. The fourth-order valence-corrected chi connectivity index (χ4v) is 2.91. The highest BCUT2D eigenvalue weighted by Crippen LogP contribution is 2.13. The third-order valence-electron chi connectivity index (χ3n) is 2.46. The number of nitrogens with one attached hydrogen (secondary N) is 1. The summed E-state index contributed by atoms with van der Waals surface area (Å²) in [6, 6.07) is 2.90. The summed E-state index contributed by atoms with van der Waals surface area (Å²) < 4.78 is 26.7. The Bertz CT molecular complexity index is 445. The van der Waals surface area contributed by atoms with Gasteiger partial charge >= 0.3 is 0 Å². The van der Waals surface area contributed by atoms with Crippen molar-refractivity contribution in [2.24, 2.45) is 0 Å². The van der Waals surface area contributed by atoms with E-state index in [-0.39, 0.29) is 16.1 Å². The number of pyridine rings is 1. The first-order valence-electron chi connectivity index (χ1n) is 5.63. The van der Waals surface area contributed by atoms with E-state index in [0.717, 1.165) is 19.3 Å². The van der Waals surface area contributed by atoms with E-state index < -0.39 is 10.0 Å². The van der Waals surface area contributed by atoms with Gasteiger partial charge in [0.05, 0.1) is 0 Å². The lowest BCUT2D eigenvalue weighted by atomic mass is 10.1. The smallest absolute Gasteiger partial charge is 0.242 e. The maximum Gasteiger partial charge on any atom is 0.242 e. The minimum atomic E-state index is -3.48. The summed E-state index contributed by atoms with van der Waals surface area (Å²) in [7, 11) is -3.48. The molecule has 4 nitrogen and oxygen atoms in total. The number of hydrogen-bond acceptors (Lipinski definition) is 3. The van der Waals surface area contributed by atoms with Crippen molar-refractivity contribution in [2.75, 3.05) is 0 Å². The fraction of sp³-hybridized carbons (Fsp3) is 0.545. The lowest BCUT2D eigenvalue weighted by Gasteiger charge is -2.15. The summed E-state index contributed by atoms with van der Waals surface area (Å²) in [6.07, 6.45) is 3.81. The molecule has 6 heteroatoms. The largest absolute Gasteiger partial charge is 0.243 e. The molecule has 1 unspecified atom stereocenters. The highest BCUT2D eigenvalue weighted by Gasteiger charge is 2.18. The van der Waals surface area contributed by atoms with Crippen molar-refractivity contribution in [3.8, 4) is 0 Å². The topological polar surface area (TPSA) is 59.1 Å². The Labute approximate surface area is 107 Å². The zero-order valence-electron chi connectivity index (χ0n) is 9.98. The van der Waals surface area contributed by atoms with Gasteiger partial charge in [0.15, 0.2) is 0 Å². The second-order valence-corrected chi connectivity index (χ2v) is 5.93. The van der Waals surface area contributed by atoms with Crippen LogP contribution in [0.2, 0.25) is 5.15 Å². The van der Waals surface area contributed by atoms with E-state index in [1.54, 1.807) is 0 Å². The molecule has 1 atom stereocenters. The van der Waals surface area contributed by atoms with Crippen LogP contribution in [0.15, 0.2) is 23.2 Å². The molecule has 96 valence electrons. The fourth-order valence-electron chi connectivity index (χ4n) is 1.50. The third-order valence-corrected chi connectivity index (χ3v) is 4.19. The monoisotopic (exact) mass is 276 g/mol. The van der Waals surface area contributed by atoms with Crippen LogP contribution in [-0.4, -0.2) is 19.4 Å². The maximum atomic E-state index is 12.0. The zero-order chi connectivity index (χ0) is 12.9. The van der Waals surface area contributed by atoms with Crippen molar-refractivity contribution in [1.29, 1.82) is 0 Å². The molecule has 17 heavy (non-hydrogen) atoms. The molecule has 1 aromatic heterocycles. The van der Waals surface area contributed by atoms with Crippen LogP contribution < -0.4 is 4.72 Å². The van der Waals surface area contributed by atoms with Crippen molar-refractivity contribution in [3.63, 3.8) is 0 Å². The second kappa shape index (κ2) is 6.33. The zero-order valence-corrected chi connectivity index (χ0v) is 11.6. The SMILES string of the molecule is CCCC(CC)NS(=O)(=O)c1ccc(Cl)nc1. The van der Waals surface area contributed by atoms with Gasteiger partial charge in [-0.1, -0.05) is 31.9 Å². The highest BCUT2D eigenvalue weighted by molar-refractivity contribution is 7.89. The molecule has 0 amide bonds. The van der Waals surface area contributed by atoms with Gasteiger partial charge in [-0.05, 0) is 25.0 Å². The van der Waals surface area contributed by atoms with Crippen LogP contribution in [0.5, 0.6) is 0 Å². The molecule has 1 heterocycles. The van der Waals surface area contributed by atoms with Crippen molar-refractivity contribution in [2.45, 2.75) is 44.0 Å². The van der Waals surface area contributed by atoms with Gasteiger partial charge in [0.25, 0.3) is 0 Å². The van der Waals surface area contributed by atoms with Crippen LogP contribution in [0.3, 0.4) is 0 Å². The van der Waals surface area contributed by atoms with Crippen LogP contribution in [-0.2, 0) is 10.0 Å². The molecule has 1 N–H and O–H groups in total. The van der Waals surface area contributed by atoms with Crippen molar-refractivity contribution in [3.05, 3.63) is 23.5 Å². The maximum absolute atomic E-state index is 12.0. The van der Waals surface area contributed by atoms with Gasteiger partial charge in [-0.3, -0.25) is 0 Å². The molecule has 0 aliphatic rings. The average Bonchev–Trinajstić information content (AvgIpc) is 2.28. The van der Waals surface area contributed by atoms with E-state index in [4.69, 9.17) is 11.6 Å². The van der Waals surface area contributed by atoms with E-state index in [9.17, 15) is 8.42 Å². The molecule has 1 aromatic rings. The number of hydrogen-bond donors (Lipinski definition) is 1. The van der Waals surface area contributed by atoms with E-state index in [0.29, 0.717) is 0 Å². The highest BCUT2D eigenvalue weighted by atomic mass is 35.5. The predicted octanol–water partition coefficient (Wildman–Crippen LogP) is 2.59. The first-order valence-corrected chi connectivity index (χ1v) is 7.49. The average molecular weight is 277 g/mol. The minimum absolute atomic E-state index is 0.0271. The van der Waals surface area contributed by atoms with E-state index >= 15 is 0 Å². The Hall–Kier alpha value is -0.650. The van der Waals surface area contributed by atoms with Gasteiger partial charge in [-0.15, -0.1) is 0 Å². The minimum Gasteiger partial charge on any atom is -0.243 e. The van der Waals surface area contributed by atoms with E-state index in [1.165, 1.54) is 18.3 Å². The van der Waals surface area contributed by atoms with Crippen LogP contribution in [0.1, 0.15) is 33.1 Å². The van der Waals surface area contributed by atoms with Crippen molar-refractivity contribution >= 4 is 21.6 Å². The van der Waals surface area contributed by atoms with Gasteiger partial charge in [-0.25, -0.2) is 18.1 Å². The summed E-state index contributed by atoms with van der Waals surface area (Å²) in [5.74, 6) is 0. The Kier molecular flexibility index (Phi) is 5.36. The van der Waals surface area contributed by atoms with Crippen LogP contribution in [0, 0.1) is 0 Å². The normalized spacial score (nSPS) is 13.6. The van der Waals surface area contributed by atoms with Crippen LogP contribution in [0.25, 0.3) is 0 Å². The standard InChI is InChI=1S/C11H17ClN2O2S/c1-3-5-9(4-2)14-17(15,16)10-6-7-11(12)13-8-10/h6-9,14H,3-5H2,1-2H3. The van der Waals surface area contributed by atoms with Crippen molar-refractivity contribution < 1.29 is 8.42 Å². The number of halogens is 1. The lowest BCUT2D eigenvalue weighted by molar-refractivity contribution is 0.512. The first-order chi connectivity index (χ1) is 7.99. The molecule has 1 rings (SSSR count). The Morgan fingerprint density at radius 3 is 2.59 bits per heavy atom. The Morgan fingerprint density at radius 1 is 1.41 bits per heavy atom. The summed E-state index contributed by atoms with van der Waals surface area (Å²) >= 11 is 5.62. The van der Waals surface area contributed by atoms with Gasteiger partial charge in [0.1, 0.15) is 10.0 Å². The predicted molar refractivity (Wildman–Crippen MR) is 68.6 cm³/mol. The number of sulfonamides is 1. The van der Waals surface area contributed by atoms with E-state index in [2.05, 4.69) is 9.71 Å². The number of aromatic nitrogens is 1. The van der Waals surface area contributed by atoms with Gasteiger partial charge < -0.3 is 0 Å². The lowest BCUT2D eigenvalue weighted by Crippen LogP contribution is -2.34. The molecule has 0 bridgehead atoms. The Morgan fingerprint density at radius 2 is 2.12 bits per heavy atom. The molecule has 0 aliphatic heterocycles. The van der Waals surface area contributed by atoms with Crippen LogP contribution >= 0.6 is 11.6 Å². The Balaban J connectivity index is 2.84. The molecule has 0 fully saturated rings. The molecular formula is C11H17ClN2O2S. The molecular weight excluding hydrogens is 260 g/mol. The quantitative estimate of drug-likeness (QED) is 0.813. The number of nitrogens with zero attached hydrogens (tertiary/aromatic N) is 1. The van der Waals surface area contributed by atoms with Gasteiger partial charge in [0.2, 0.25) is 10.0 Å². The molecule has 0 spiro atoms. The molecule has 0 saturated heterocycles. The first kappa shape index (κ1) is 14.4. The third kappa shape index (κ3) is 4.26. The molecule has 0 radical (unpaired) electrons. The summed E-state index contributed by atoms with van der Waals surface area (Å²) in [4.78, 5) is 3.92. The number of rotatable bonds is 6. The molecule has 0 saturated carbocycles. The van der Waals surface area contributed by atoms with Gasteiger partial charge in [-0.2, -0.15) is 0 Å². The molecule has 0 aliphatic carbocycles. The summed E-state index contributed by atoms with van der Waals surface area (Å²) in [5.41, 5.74) is 0. The van der Waals surface area contributed by atoms with Gasteiger partial charge in [0, 0.05) is 12.2 Å².